The number of hydrogen-bond acceptors (Lipinski definition) is 3. The summed E-state index contributed by atoms with van der Waals surface area (Å²) < 4.78 is 0. The highest BCUT2D eigenvalue weighted by Crippen LogP contribution is 2.14. The van der Waals surface area contributed by atoms with Gasteiger partial charge >= 0.3 is 0 Å². The Morgan fingerprint density at radius 1 is 1.40 bits per heavy atom. The Hall–Kier alpha value is -0.380. The summed E-state index contributed by atoms with van der Waals surface area (Å²) in [5, 5.41) is 3.43. The average molecular weight is 226 g/mol. The van der Waals surface area contributed by atoms with Crippen molar-refractivity contribution in [3.8, 4) is 0 Å². The largest absolute Gasteiger partial charge is 0.328 e. The summed E-state index contributed by atoms with van der Waals surface area (Å²) in [6, 6.07) is 4.73. The zero-order valence-corrected chi connectivity index (χ0v) is 10.6. The van der Waals surface area contributed by atoms with Gasteiger partial charge in [-0.15, -0.1) is 11.3 Å². The van der Waals surface area contributed by atoms with E-state index in [1.165, 1.54) is 16.2 Å². The van der Waals surface area contributed by atoms with Crippen LogP contribution in [0.3, 0.4) is 0 Å². The number of thiophene rings is 1. The molecule has 1 unspecified atom stereocenters. The highest BCUT2D eigenvalue weighted by Gasteiger charge is 2.00. The topological polar surface area (TPSA) is 38.0 Å². The average Bonchev–Trinajstić information content (AvgIpc) is 2.60. The van der Waals surface area contributed by atoms with Crippen LogP contribution in [0.4, 0.5) is 0 Å². The summed E-state index contributed by atoms with van der Waals surface area (Å²) in [7, 11) is 0. The molecule has 2 nitrogen and oxygen atoms in total. The molecule has 0 aromatic carbocycles. The predicted molar refractivity (Wildman–Crippen MR) is 68.3 cm³/mol. The maximum Gasteiger partial charge on any atom is 0.0299 e. The molecule has 0 spiro atoms. The maximum absolute atomic E-state index is 5.93. The van der Waals surface area contributed by atoms with Crippen molar-refractivity contribution in [3.05, 3.63) is 21.9 Å². The van der Waals surface area contributed by atoms with E-state index < -0.39 is 0 Å². The van der Waals surface area contributed by atoms with E-state index in [9.17, 15) is 0 Å². The Labute approximate surface area is 96.9 Å². The van der Waals surface area contributed by atoms with Crippen molar-refractivity contribution in [2.24, 2.45) is 5.73 Å². The predicted octanol–water partition coefficient (Wildman–Crippen LogP) is 2.66. The quantitative estimate of drug-likeness (QED) is 0.702. The molecule has 0 saturated carbocycles. The van der Waals surface area contributed by atoms with Crippen molar-refractivity contribution in [2.45, 2.75) is 45.7 Å². The van der Waals surface area contributed by atoms with Gasteiger partial charge in [0.05, 0.1) is 0 Å². The normalized spacial score (nSPS) is 13.0. The maximum atomic E-state index is 5.93. The number of rotatable bonds is 7. The van der Waals surface area contributed by atoms with Crippen molar-refractivity contribution < 1.29 is 0 Å². The first-order chi connectivity index (χ1) is 7.22. The van der Waals surface area contributed by atoms with E-state index >= 15 is 0 Å². The minimum Gasteiger partial charge on any atom is -0.328 e. The second-order valence-electron chi connectivity index (χ2n) is 4.03. The minimum atomic E-state index is 0.368. The molecule has 15 heavy (non-hydrogen) atoms. The van der Waals surface area contributed by atoms with Gasteiger partial charge in [0, 0.05) is 22.3 Å². The number of aryl methyl sites for hydroxylation is 1. The third-order valence-corrected chi connectivity index (χ3v) is 3.45. The first-order valence-electron chi connectivity index (χ1n) is 5.74. The molecule has 0 aliphatic carbocycles. The van der Waals surface area contributed by atoms with Crippen LogP contribution in [0.1, 0.15) is 35.9 Å². The molecule has 1 aromatic heterocycles. The zero-order valence-electron chi connectivity index (χ0n) is 9.75. The monoisotopic (exact) mass is 226 g/mol. The third-order valence-electron chi connectivity index (χ3n) is 2.45. The van der Waals surface area contributed by atoms with Gasteiger partial charge in [-0.05, 0) is 38.4 Å². The summed E-state index contributed by atoms with van der Waals surface area (Å²) in [6.45, 7) is 6.34. The smallest absolute Gasteiger partial charge is 0.0299 e. The fourth-order valence-corrected chi connectivity index (χ4v) is 2.45. The molecule has 0 aliphatic rings. The summed E-state index contributed by atoms with van der Waals surface area (Å²) in [4.78, 5) is 2.80. The number of hydrogen-bond donors (Lipinski definition) is 2. The fourth-order valence-electron chi connectivity index (χ4n) is 1.59. The SMILES string of the molecule is CCCC(N)CCNCc1ccc(C)s1. The lowest BCUT2D eigenvalue weighted by Gasteiger charge is -2.10. The lowest BCUT2D eigenvalue weighted by molar-refractivity contribution is 0.528. The van der Waals surface area contributed by atoms with Crippen molar-refractivity contribution >= 4 is 11.3 Å². The molecule has 3 heteroatoms. The van der Waals surface area contributed by atoms with Gasteiger partial charge in [-0.2, -0.15) is 0 Å². The standard InChI is InChI=1S/C12H22N2S/c1-3-4-11(13)7-8-14-9-12-6-5-10(2)15-12/h5-6,11,14H,3-4,7-9,13H2,1-2H3. The lowest BCUT2D eigenvalue weighted by Crippen LogP contribution is -2.26. The van der Waals surface area contributed by atoms with E-state index in [4.69, 9.17) is 5.73 Å². The molecule has 0 fully saturated rings. The van der Waals surface area contributed by atoms with Gasteiger partial charge in [-0.25, -0.2) is 0 Å². The first-order valence-corrected chi connectivity index (χ1v) is 6.55. The minimum absolute atomic E-state index is 0.368. The molecule has 86 valence electrons. The Kier molecular flexibility index (Phi) is 5.91. The Bertz CT molecular complexity index is 270. The molecular formula is C12H22N2S. The molecule has 0 radical (unpaired) electrons. The fraction of sp³-hybridized carbons (Fsp3) is 0.667. The molecule has 1 heterocycles. The van der Waals surface area contributed by atoms with Crippen LogP contribution in [0.15, 0.2) is 12.1 Å². The van der Waals surface area contributed by atoms with Gasteiger partial charge in [-0.3, -0.25) is 0 Å². The highest BCUT2D eigenvalue weighted by molar-refractivity contribution is 7.11. The van der Waals surface area contributed by atoms with Crippen molar-refractivity contribution in [2.75, 3.05) is 6.54 Å². The summed E-state index contributed by atoms with van der Waals surface area (Å²) in [5.74, 6) is 0. The second-order valence-corrected chi connectivity index (χ2v) is 5.40. The zero-order chi connectivity index (χ0) is 11.1. The van der Waals surface area contributed by atoms with Crippen LogP contribution in [-0.4, -0.2) is 12.6 Å². The van der Waals surface area contributed by atoms with Gasteiger partial charge in [-0.1, -0.05) is 13.3 Å². The van der Waals surface area contributed by atoms with Crippen LogP contribution in [0.5, 0.6) is 0 Å². The van der Waals surface area contributed by atoms with Gasteiger partial charge in [0.1, 0.15) is 0 Å². The van der Waals surface area contributed by atoms with Gasteiger partial charge in [0.2, 0.25) is 0 Å². The molecule has 0 bridgehead atoms. The van der Waals surface area contributed by atoms with Crippen LogP contribution in [0.25, 0.3) is 0 Å². The van der Waals surface area contributed by atoms with Gasteiger partial charge in [0.25, 0.3) is 0 Å². The molecule has 1 atom stereocenters. The molecular weight excluding hydrogens is 204 g/mol. The molecule has 1 aromatic rings. The second kappa shape index (κ2) is 6.99. The third kappa shape index (κ3) is 5.30. The summed E-state index contributed by atoms with van der Waals surface area (Å²) >= 11 is 1.86. The Balaban J connectivity index is 2.06. The van der Waals surface area contributed by atoms with E-state index in [2.05, 4.69) is 31.3 Å². The van der Waals surface area contributed by atoms with Crippen molar-refractivity contribution in [3.63, 3.8) is 0 Å². The van der Waals surface area contributed by atoms with E-state index in [-0.39, 0.29) is 0 Å². The number of nitrogens with one attached hydrogen (secondary N) is 1. The molecule has 1 rings (SSSR count). The Morgan fingerprint density at radius 2 is 2.20 bits per heavy atom. The summed E-state index contributed by atoms with van der Waals surface area (Å²) in [6.07, 6.45) is 3.41. The van der Waals surface area contributed by atoms with Crippen LogP contribution < -0.4 is 11.1 Å². The van der Waals surface area contributed by atoms with Crippen molar-refractivity contribution in [1.82, 2.24) is 5.32 Å². The highest BCUT2D eigenvalue weighted by atomic mass is 32.1. The van der Waals surface area contributed by atoms with E-state index in [1.54, 1.807) is 0 Å². The molecule has 0 saturated heterocycles. The molecule has 0 amide bonds. The van der Waals surface area contributed by atoms with Crippen molar-refractivity contribution in [1.29, 1.82) is 0 Å². The van der Waals surface area contributed by atoms with Crippen LogP contribution in [0.2, 0.25) is 0 Å². The van der Waals surface area contributed by atoms with Crippen LogP contribution in [-0.2, 0) is 6.54 Å². The molecule has 3 N–H and O–H groups in total. The molecule has 0 aliphatic heterocycles. The van der Waals surface area contributed by atoms with E-state index in [0.717, 1.165) is 25.9 Å². The van der Waals surface area contributed by atoms with Crippen LogP contribution >= 0.6 is 11.3 Å². The number of nitrogens with two attached hydrogens (primary N) is 1. The first kappa shape index (κ1) is 12.7. The summed E-state index contributed by atoms with van der Waals surface area (Å²) in [5.41, 5.74) is 5.93. The van der Waals surface area contributed by atoms with E-state index in [0.29, 0.717) is 6.04 Å². The van der Waals surface area contributed by atoms with Gasteiger partial charge in [0.15, 0.2) is 0 Å². The van der Waals surface area contributed by atoms with E-state index in [1.807, 2.05) is 11.3 Å². The Morgan fingerprint density at radius 3 is 2.80 bits per heavy atom. The van der Waals surface area contributed by atoms with Gasteiger partial charge < -0.3 is 11.1 Å². The van der Waals surface area contributed by atoms with Crippen LogP contribution in [0, 0.1) is 6.92 Å². The lowest BCUT2D eigenvalue weighted by atomic mass is 10.1.